The monoisotopic (exact) mass is 137 g/mol. The molecule has 10 heavy (non-hydrogen) atoms. The van der Waals surface area contributed by atoms with Gasteiger partial charge in [0.25, 0.3) is 0 Å². The van der Waals surface area contributed by atoms with E-state index in [0.29, 0.717) is 0 Å². The van der Waals surface area contributed by atoms with Crippen molar-refractivity contribution in [1.82, 2.24) is 4.90 Å². The average molecular weight is 137 g/mol. The Balaban J connectivity index is 2.35. The van der Waals surface area contributed by atoms with Crippen molar-refractivity contribution in [2.24, 2.45) is 5.92 Å². The van der Waals surface area contributed by atoms with Crippen LogP contribution in [0.5, 0.6) is 0 Å². The number of nitrogens with zero attached hydrogens (tertiary/aromatic N) is 1. The largest absolute Gasteiger partial charge is 0.377 e. The first-order valence-corrected chi connectivity index (χ1v) is 3.86. The summed E-state index contributed by atoms with van der Waals surface area (Å²) in [7, 11) is 0. The van der Waals surface area contributed by atoms with E-state index in [2.05, 4.69) is 30.6 Å². The van der Waals surface area contributed by atoms with Crippen LogP contribution in [-0.2, 0) is 0 Å². The maximum absolute atomic E-state index is 3.74. The Morgan fingerprint density at radius 1 is 1.60 bits per heavy atom. The van der Waals surface area contributed by atoms with Gasteiger partial charge in [0.05, 0.1) is 0 Å². The molecule has 0 radical (unpaired) electrons. The summed E-state index contributed by atoms with van der Waals surface area (Å²) in [6, 6.07) is 0. The molecule has 1 fully saturated rings. The zero-order chi connectivity index (χ0) is 7.40. The van der Waals surface area contributed by atoms with Gasteiger partial charge < -0.3 is 4.90 Å². The molecule has 1 unspecified atom stereocenters. The third kappa shape index (κ3) is 1.63. The molecule has 1 rings (SSSR count). The molecule has 1 aliphatic heterocycles. The molecule has 0 aromatic rings. The average Bonchev–Trinajstić information content (AvgIpc) is 2.37. The number of hydrogen-bond acceptors (Lipinski definition) is 1. The fourth-order valence-electron chi connectivity index (χ4n) is 1.41. The summed E-state index contributed by atoms with van der Waals surface area (Å²) in [4.78, 5) is 2.27. The summed E-state index contributed by atoms with van der Waals surface area (Å²) in [5.74, 6) is 0.767. The van der Waals surface area contributed by atoms with Gasteiger partial charge in [0, 0.05) is 13.1 Å². The molecule has 1 heterocycles. The Kier molecular flexibility index (Phi) is 2.55. The predicted octanol–water partition coefficient (Wildman–Crippen LogP) is 2.03. The van der Waals surface area contributed by atoms with Gasteiger partial charge in [-0.1, -0.05) is 18.7 Å². The van der Waals surface area contributed by atoms with Crippen LogP contribution < -0.4 is 0 Å². The molecular weight excluding hydrogens is 122 g/mol. The van der Waals surface area contributed by atoms with Gasteiger partial charge in [0.15, 0.2) is 0 Å². The molecule has 56 valence electrons. The highest BCUT2D eigenvalue weighted by Crippen LogP contribution is 2.16. The van der Waals surface area contributed by atoms with Gasteiger partial charge >= 0.3 is 0 Å². The van der Waals surface area contributed by atoms with Crippen LogP contribution in [0.1, 0.15) is 13.3 Å². The Bertz CT molecular complexity index is 138. The second kappa shape index (κ2) is 3.45. The molecule has 0 amide bonds. The molecule has 1 nitrogen and oxygen atoms in total. The van der Waals surface area contributed by atoms with Crippen molar-refractivity contribution in [2.45, 2.75) is 13.3 Å². The molecule has 0 spiro atoms. The lowest BCUT2D eigenvalue weighted by Crippen LogP contribution is -2.11. The molecule has 0 aromatic heterocycles. The van der Waals surface area contributed by atoms with E-state index in [1.54, 1.807) is 0 Å². The van der Waals surface area contributed by atoms with Crippen molar-refractivity contribution in [2.75, 3.05) is 13.1 Å². The predicted molar refractivity (Wildman–Crippen MR) is 44.7 cm³/mol. The lowest BCUT2D eigenvalue weighted by molar-refractivity contribution is 0.458. The zero-order valence-electron chi connectivity index (χ0n) is 6.59. The fourth-order valence-corrected chi connectivity index (χ4v) is 1.41. The lowest BCUT2D eigenvalue weighted by atomic mass is 10.1. The molecule has 0 bridgehead atoms. The zero-order valence-corrected chi connectivity index (χ0v) is 6.59. The highest BCUT2D eigenvalue weighted by Gasteiger charge is 2.15. The quantitative estimate of drug-likeness (QED) is 0.526. The summed E-state index contributed by atoms with van der Waals surface area (Å²) in [5, 5.41) is 0. The molecule has 1 aliphatic rings. The summed E-state index contributed by atoms with van der Waals surface area (Å²) >= 11 is 0. The van der Waals surface area contributed by atoms with Gasteiger partial charge in [-0.15, -0.1) is 0 Å². The second-order valence-electron chi connectivity index (χ2n) is 2.75. The minimum atomic E-state index is 0.767. The Morgan fingerprint density at radius 3 is 2.90 bits per heavy atom. The summed E-state index contributed by atoms with van der Waals surface area (Å²) < 4.78 is 0. The minimum Gasteiger partial charge on any atom is -0.377 e. The van der Waals surface area contributed by atoms with Crippen LogP contribution in [0.25, 0.3) is 0 Å². The molecule has 0 N–H and O–H groups in total. The first-order chi connectivity index (χ1) is 4.86. The maximum atomic E-state index is 3.74. The van der Waals surface area contributed by atoms with Crippen LogP contribution in [0.4, 0.5) is 0 Å². The number of hydrogen-bond donors (Lipinski definition) is 0. The minimum absolute atomic E-state index is 0.767. The summed E-state index contributed by atoms with van der Waals surface area (Å²) in [5.41, 5.74) is 0. The molecule has 1 atom stereocenters. The first kappa shape index (κ1) is 7.39. The molecule has 0 aliphatic carbocycles. The maximum Gasteiger partial charge on any atom is 0.0235 e. The van der Waals surface area contributed by atoms with Gasteiger partial charge in [-0.2, -0.15) is 0 Å². The van der Waals surface area contributed by atoms with E-state index in [1.807, 2.05) is 6.20 Å². The lowest BCUT2D eigenvalue weighted by Gasteiger charge is -2.09. The van der Waals surface area contributed by atoms with E-state index in [0.717, 1.165) is 12.5 Å². The van der Waals surface area contributed by atoms with E-state index < -0.39 is 0 Å². The van der Waals surface area contributed by atoms with Gasteiger partial charge in [0.1, 0.15) is 0 Å². The van der Waals surface area contributed by atoms with E-state index in [9.17, 15) is 0 Å². The van der Waals surface area contributed by atoms with Crippen LogP contribution in [0.15, 0.2) is 24.9 Å². The van der Waals surface area contributed by atoms with Crippen molar-refractivity contribution in [3.63, 3.8) is 0 Å². The Hall–Kier alpha value is -0.720. The van der Waals surface area contributed by atoms with E-state index in [4.69, 9.17) is 0 Å². The number of allylic oxidation sites excluding steroid dienone is 1. The second-order valence-corrected chi connectivity index (χ2v) is 2.75. The fraction of sp³-hybridized carbons (Fsp3) is 0.556. The summed E-state index contributed by atoms with van der Waals surface area (Å²) in [6.07, 6.45) is 7.64. The third-order valence-electron chi connectivity index (χ3n) is 1.98. The van der Waals surface area contributed by atoms with Crippen LogP contribution in [0, 0.1) is 5.92 Å². The molecule has 1 saturated heterocycles. The number of likely N-dealkylation sites (tertiary alicyclic amines) is 1. The van der Waals surface area contributed by atoms with Crippen molar-refractivity contribution in [1.29, 1.82) is 0 Å². The standard InChI is InChI=1S/C9H15N/c1-3-5-9-6-7-10(4-2)8-9/h3-5,9H,2,6-8H2,1H3. The number of rotatable bonds is 2. The van der Waals surface area contributed by atoms with Gasteiger partial charge in [-0.05, 0) is 25.5 Å². The molecule has 0 aromatic carbocycles. The Labute approximate surface area is 63.0 Å². The van der Waals surface area contributed by atoms with Gasteiger partial charge in [0.2, 0.25) is 0 Å². The van der Waals surface area contributed by atoms with Crippen LogP contribution in [0.3, 0.4) is 0 Å². The molecular formula is C9H15N. The van der Waals surface area contributed by atoms with Crippen molar-refractivity contribution in [3.05, 3.63) is 24.9 Å². The van der Waals surface area contributed by atoms with E-state index in [-0.39, 0.29) is 0 Å². The first-order valence-electron chi connectivity index (χ1n) is 3.86. The highest BCUT2D eigenvalue weighted by molar-refractivity contribution is 4.93. The molecule has 1 heteroatoms. The van der Waals surface area contributed by atoms with Crippen LogP contribution in [0.2, 0.25) is 0 Å². The highest BCUT2D eigenvalue weighted by atomic mass is 15.1. The third-order valence-corrected chi connectivity index (χ3v) is 1.98. The van der Waals surface area contributed by atoms with Crippen LogP contribution >= 0.6 is 0 Å². The normalized spacial score (nSPS) is 26.1. The van der Waals surface area contributed by atoms with Gasteiger partial charge in [-0.25, -0.2) is 0 Å². The smallest absolute Gasteiger partial charge is 0.0235 e. The van der Waals surface area contributed by atoms with Crippen molar-refractivity contribution in [3.8, 4) is 0 Å². The Morgan fingerprint density at radius 2 is 2.40 bits per heavy atom. The topological polar surface area (TPSA) is 3.24 Å². The van der Waals surface area contributed by atoms with Crippen molar-refractivity contribution < 1.29 is 0 Å². The molecule has 0 saturated carbocycles. The summed E-state index contributed by atoms with van der Waals surface area (Å²) in [6.45, 7) is 8.16. The van der Waals surface area contributed by atoms with Crippen LogP contribution in [-0.4, -0.2) is 18.0 Å². The van der Waals surface area contributed by atoms with E-state index in [1.165, 1.54) is 13.0 Å². The van der Waals surface area contributed by atoms with Gasteiger partial charge in [-0.3, -0.25) is 0 Å². The SMILES string of the molecule is C=CN1CCC(C=CC)C1. The van der Waals surface area contributed by atoms with Crippen molar-refractivity contribution >= 4 is 0 Å². The van der Waals surface area contributed by atoms with E-state index >= 15 is 0 Å².